The molecule has 4 amide bonds. The Morgan fingerprint density at radius 1 is 0.778 bits per heavy atom. The van der Waals surface area contributed by atoms with Gasteiger partial charge in [-0.3, -0.25) is 19.2 Å². The summed E-state index contributed by atoms with van der Waals surface area (Å²) in [5.41, 5.74) is 0. The van der Waals surface area contributed by atoms with E-state index in [2.05, 4.69) is 12.2 Å². The fraction of sp³-hybridized carbons (Fsp3) is 0.444. The zero-order valence-electron chi connectivity index (χ0n) is 9.08. The predicted octanol–water partition coefficient (Wildman–Crippen LogP) is -0.568. The minimum absolute atomic E-state index is 0.0308. The predicted molar refractivity (Wildman–Crippen MR) is 56.9 cm³/mol. The van der Waals surface area contributed by atoms with Crippen LogP contribution in [0.2, 0.25) is 0 Å². The molecule has 2 aliphatic heterocycles. The van der Waals surface area contributed by atoms with Crippen LogP contribution in [-0.2, 0) is 28.9 Å². The minimum atomic E-state index is -0.651. The lowest BCUT2D eigenvalue weighted by molar-refractivity contribution is -0.185. The zero-order valence-corrected chi connectivity index (χ0v) is 9.90. The summed E-state index contributed by atoms with van der Waals surface area (Å²) in [6, 6.07) is 0. The molecule has 9 heteroatoms. The van der Waals surface area contributed by atoms with E-state index >= 15 is 0 Å². The molecule has 0 aromatic carbocycles. The first-order chi connectivity index (χ1) is 8.49. The average molecular weight is 272 g/mol. The van der Waals surface area contributed by atoms with E-state index in [0.29, 0.717) is 10.1 Å². The SMILES string of the molecule is O=C1CCC(=O)N1OC(=S)ON1C(=O)CCC1=O. The van der Waals surface area contributed by atoms with Crippen molar-refractivity contribution >= 4 is 41.1 Å². The van der Waals surface area contributed by atoms with Crippen molar-refractivity contribution in [2.45, 2.75) is 25.7 Å². The second-order valence-electron chi connectivity index (χ2n) is 3.60. The third-order valence-corrected chi connectivity index (χ3v) is 2.49. The molecule has 2 fully saturated rings. The molecule has 0 spiro atoms. The van der Waals surface area contributed by atoms with Crippen molar-refractivity contribution in [1.82, 2.24) is 10.1 Å². The topological polar surface area (TPSA) is 93.2 Å². The van der Waals surface area contributed by atoms with E-state index in [1.807, 2.05) is 0 Å². The Kier molecular flexibility index (Phi) is 3.24. The van der Waals surface area contributed by atoms with E-state index in [4.69, 9.17) is 9.68 Å². The van der Waals surface area contributed by atoms with Crippen LogP contribution in [0.15, 0.2) is 0 Å². The van der Waals surface area contributed by atoms with Crippen molar-refractivity contribution in [1.29, 1.82) is 0 Å². The van der Waals surface area contributed by atoms with Crippen LogP contribution in [0.5, 0.6) is 0 Å². The molecule has 0 unspecified atom stereocenters. The van der Waals surface area contributed by atoms with Crippen molar-refractivity contribution in [2.75, 3.05) is 0 Å². The van der Waals surface area contributed by atoms with Crippen LogP contribution in [0.4, 0.5) is 0 Å². The summed E-state index contributed by atoms with van der Waals surface area (Å²) in [4.78, 5) is 54.2. The standard InChI is InChI=1S/C9H8N2O6S/c12-5-1-2-6(13)10(5)16-9(18)17-11-7(14)3-4-8(11)15/h1-4H2. The number of carbonyl (C=O) groups excluding carboxylic acids is 4. The highest BCUT2D eigenvalue weighted by Gasteiger charge is 2.36. The van der Waals surface area contributed by atoms with Gasteiger partial charge in [0, 0.05) is 37.9 Å². The molecule has 0 radical (unpaired) electrons. The van der Waals surface area contributed by atoms with Crippen LogP contribution < -0.4 is 0 Å². The van der Waals surface area contributed by atoms with Crippen molar-refractivity contribution in [2.24, 2.45) is 0 Å². The number of nitrogens with zero attached hydrogens (tertiary/aromatic N) is 2. The molecule has 8 nitrogen and oxygen atoms in total. The van der Waals surface area contributed by atoms with Gasteiger partial charge in [0.25, 0.3) is 23.6 Å². The Bertz CT molecular complexity index is 390. The Hall–Kier alpha value is -2.03. The first-order valence-electron chi connectivity index (χ1n) is 5.10. The number of hydrogen-bond acceptors (Lipinski definition) is 7. The lowest BCUT2D eigenvalue weighted by atomic mass is 10.4. The summed E-state index contributed by atoms with van der Waals surface area (Å²) in [6.45, 7) is 0. The maximum atomic E-state index is 11.2. The lowest BCUT2D eigenvalue weighted by Gasteiger charge is -2.17. The summed E-state index contributed by atoms with van der Waals surface area (Å²) >= 11 is 4.60. The number of hydroxylamine groups is 4. The van der Waals surface area contributed by atoms with Crippen LogP contribution in [0, 0.1) is 0 Å². The molecule has 2 rings (SSSR count). The van der Waals surface area contributed by atoms with Gasteiger partial charge in [-0.25, -0.2) is 0 Å². The maximum absolute atomic E-state index is 11.2. The van der Waals surface area contributed by atoms with Crippen molar-refractivity contribution in [3.05, 3.63) is 0 Å². The van der Waals surface area contributed by atoms with Gasteiger partial charge in [-0.1, -0.05) is 0 Å². The average Bonchev–Trinajstić information content (AvgIpc) is 2.79. The molecule has 0 bridgehead atoms. The quantitative estimate of drug-likeness (QED) is 0.491. The van der Waals surface area contributed by atoms with Crippen LogP contribution in [0.3, 0.4) is 0 Å². The largest absolute Gasteiger partial charge is 0.403 e. The van der Waals surface area contributed by atoms with E-state index in [-0.39, 0.29) is 25.7 Å². The van der Waals surface area contributed by atoms with E-state index < -0.39 is 28.9 Å². The number of hydrogen-bond donors (Lipinski definition) is 0. The van der Waals surface area contributed by atoms with Crippen LogP contribution in [0.1, 0.15) is 25.7 Å². The maximum Gasteiger partial charge on any atom is 0.403 e. The van der Waals surface area contributed by atoms with E-state index in [1.165, 1.54) is 0 Å². The second-order valence-corrected chi connectivity index (χ2v) is 3.93. The van der Waals surface area contributed by atoms with E-state index in [1.54, 1.807) is 0 Å². The molecule has 2 heterocycles. The smallest absolute Gasteiger partial charge is 0.317 e. The van der Waals surface area contributed by atoms with Gasteiger partial charge in [-0.05, 0) is 0 Å². The van der Waals surface area contributed by atoms with Crippen molar-refractivity contribution < 1.29 is 28.9 Å². The Balaban J connectivity index is 1.93. The third-order valence-electron chi connectivity index (χ3n) is 2.34. The van der Waals surface area contributed by atoms with Crippen molar-refractivity contribution in [3.8, 4) is 0 Å². The molecular formula is C9H8N2O6S. The fourth-order valence-electron chi connectivity index (χ4n) is 1.48. The molecule has 0 atom stereocenters. The zero-order chi connectivity index (χ0) is 13.3. The fourth-order valence-corrected chi connectivity index (χ4v) is 1.63. The monoisotopic (exact) mass is 272 g/mol. The molecule has 18 heavy (non-hydrogen) atoms. The highest BCUT2D eigenvalue weighted by Crippen LogP contribution is 2.16. The highest BCUT2D eigenvalue weighted by molar-refractivity contribution is 7.79. The van der Waals surface area contributed by atoms with E-state index in [9.17, 15) is 19.2 Å². The van der Waals surface area contributed by atoms with Crippen LogP contribution in [-0.4, -0.2) is 39.0 Å². The molecule has 0 N–H and O–H groups in total. The molecule has 2 saturated heterocycles. The number of carbonyl (C=O) groups is 4. The molecule has 0 aromatic heterocycles. The number of rotatable bonds is 2. The Labute approximate surface area is 106 Å². The van der Waals surface area contributed by atoms with Gasteiger partial charge in [-0.15, -0.1) is 10.1 Å². The molecule has 0 aliphatic carbocycles. The summed E-state index contributed by atoms with van der Waals surface area (Å²) in [5, 5.41) is 0.281. The number of thiocarbonyl (C=S) groups is 1. The summed E-state index contributed by atoms with van der Waals surface area (Å²) in [5.74, 6) is -2.20. The van der Waals surface area contributed by atoms with Gasteiger partial charge in [0.15, 0.2) is 0 Å². The van der Waals surface area contributed by atoms with Crippen LogP contribution in [0.25, 0.3) is 0 Å². The molecule has 0 aromatic rings. The Morgan fingerprint density at radius 3 is 1.33 bits per heavy atom. The van der Waals surface area contributed by atoms with Gasteiger partial charge >= 0.3 is 5.24 Å². The summed E-state index contributed by atoms with van der Waals surface area (Å²) < 4.78 is 0. The Morgan fingerprint density at radius 2 is 1.06 bits per heavy atom. The lowest BCUT2D eigenvalue weighted by Crippen LogP contribution is -2.37. The summed E-state index contributed by atoms with van der Waals surface area (Å²) in [6.07, 6.45) is 0.123. The molecule has 2 aliphatic rings. The molecular weight excluding hydrogens is 264 g/mol. The number of imide groups is 2. The third kappa shape index (κ3) is 2.30. The normalized spacial score (nSPS) is 19.8. The first kappa shape index (κ1) is 12.4. The van der Waals surface area contributed by atoms with Gasteiger partial charge < -0.3 is 9.68 Å². The van der Waals surface area contributed by atoms with Gasteiger partial charge in [0.05, 0.1) is 0 Å². The number of amides is 4. The van der Waals surface area contributed by atoms with Gasteiger partial charge in [0.1, 0.15) is 0 Å². The molecule has 0 saturated carbocycles. The highest BCUT2D eigenvalue weighted by atomic mass is 32.1. The second kappa shape index (κ2) is 4.69. The van der Waals surface area contributed by atoms with Crippen LogP contribution >= 0.6 is 12.2 Å². The van der Waals surface area contributed by atoms with Gasteiger partial charge in [-0.2, -0.15) is 0 Å². The van der Waals surface area contributed by atoms with Crippen molar-refractivity contribution in [3.63, 3.8) is 0 Å². The minimum Gasteiger partial charge on any atom is -0.317 e. The van der Waals surface area contributed by atoms with Gasteiger partial charge in [0.2, 0.25) is 0 Å². The first-order valence-corrected chi connectivity index (χ1v) is 5.51. The summed E-state index contributed by atoms with van der Waals surface area (Å²) in [7, 11) is 0. The van der Waals surface area contributed by atoms with E-state index in [0.717, 1.165) is 0 Å². The molecule has 96 valence electrons.